The summed E-state index contributed by atoms with van der Waals surface area (Å²) in [5, 5.41) is 26.1. The van der Waals surface area contributed by atoms with Gasteiger partial charge in [-0.05, 0) is 37.8 Å². The molecule has 0 saturated carbocycles. The van der Waals surface area contributed by atoms with Gasteiger partial charge < -0.3 is 9.84 Å². The Labute approximate surface area is 145 Å². The first kappa shape index (κ1) is 15.9. The van der Waals surface area contributed by atoms with E-state index in [-0.39, 0.29) is 0 Å². The number of hydrogen-bond acceptors (Lipinski definition) is 8. The van der Waals surface area contributed by atoms with Gasteiger partial charge >= 0.3 is 6.01 Å². The molecule has 2 bridgehead atoms. The number of hydrogen-bond donors (Lipinski definition) is 3. The van der Waals surface area contributed by atoms with Gasteiger partial charge in [-0.25, -0.2) is 0 Å². The molecule has 2 saturated heterocycles. The van der Waals surface area contributed by atoms with Crippen LogP contribution >= 0.6 is 0 Å². The molecular formula is C16H22N8O. The Bertz CT molecular complexity index is 748. The summed E-state index contributed by atoms with van der Waals surface area (Å²) in [4.78, 5) is 6.84. The van der Waals surface area contributed by atoms with Crippen molar-refractivity contribution < 1.29 is 4.52 Å². The van der Waals surface area contributed by atoms with Crippen LogP contribution in [0.25, 0.3) is 0 Å². The van der Waals surface area contributed by atoms with Crippen LogP contribution in [-0.4, -0.2) is 49.9 Å². The van der Waals surface area contributed by atoms with Crippen LogP contribution in [0.2, 0.25) is 0 Å². The summed E-state index contributed by atoms with van der Waals surface area (Å²) in [6.07, 6.45) is 5.14. The van der Waals surface area contributed by atoms with Crippen molar-refractivity contribution in [2.75, 3.05) is 17.2 Å². The molecule has 4 heterocycles. The SMILES string of the molecule is Cc1cc(Nc2nc(NC3CC4CCC(C3)N4CCC#N)no2)n[nH]1. The van der Waals surface area contributed by atoms with E-state index >= 15 is 0 Å². The summed E-state index contributed by atoms with van der Waals surface area (Å²) in [6, 6.07) is 5.90. The molecule has 0 amide bonds. The van der Waals surface area contributed by atoms with Crippen molar-refractivity contribution in [1.29, 1.82) is 5.26 Å². The number of aromatic nitrogens is 4. The van der Waals surface area contributed by atoms with E-state index in [0.29, 0.717) is 42.3 Å². The van der Waals surface area contributed by atoms with Crippen LogP contribution in [0.5, 0.6) is 0 Å². The number of H-pyrrole nitrogens is 1. The standard InChI is InChI=1S/C16H22N8O/c1-10-7-14(22-21-10)19-16-20-15(23-25-16)18-11-8-12-3-4-13(9-11)24(12)6-2-5-17/h7,11-13H,2-4,6,8-9H2,1H3,(H3,18,19,20,21,22,23). The minimum absolute atomic E-state index is 0.323. The average Bonchev–Trinajstić information content (AvgIpc) is 3.26. The number of anilines is 3. The summed E-state index contributed by atoms with van der Waals surface area (Å²) in [5.41, 5.74) is 0.957. The van der Waals surface area contributed by atoms with E-state index in [1.54, 1.807) is 0 Å². The van der Waals surface area contributed by atoms with Crippen molar-refractivity contribution in [3.05, 3.63) is 11.8 Å². The zero-order chi connectivity index (χ0) is 17.2. The number of nitrogens with zero attached hydrogens (tertiary/aromatic N) is 5. The van der Waals surface area contributed by atoms with Gasteiger partial charge in [0.25, 0.3) is 5.95 Å². The van der Waals surface area contributed by atoms with Crippen LogP contribution in [0.4, 0.5) is 17.8 Å². The Kier molecular flexibility index (Phi) is 4.28. The normalized spacial score (nSPS) is 25.7. The maximum atomic E-state index is 8.82. The van der Waals surface area contributed by atoms with Crippen molar-refractivity contribution in [3.63, 3.8) is 0 Å². The molecule has 0 spiro atoms. The van der Waals surface area contributed by atoms with Gasteiger partial charge in [0.05, 0.1) is 6.07 Å². The number of nitriles is 1. The summed E-state index contributed by atoms with van der Waals surface area (Å²) in [7, 11) is 0. The number of fused-ring (bicyclic) bond motifs is 2. The quantitative estimate of drug-likeness (QED) is 0.731. The lowest BCUT2D eigenvalue weighted by molar-refractivity contribution is 0.135. The third kappa shape index (κ3) is 3.44. The van der Waals surface area contributed by atoms with Gasteiger partial charge in [0.1, 0.15) is 0 Å². The van der Waals surface area contributed by atoms with E-state index in [1.165, 1.54) is 12.8 Å². The smallest absolute Gasteiger partial charge is 0.328 e. The Morgan fingerprint density at radius 2 is 2.20 bits per heavy atom. The third-order valence-electron chi connectivity index (χ3n) is 5.07. The van der Waals surface area contributed by atoms with E-state index in [1.807, 2.05) is 13.0 Å². The molecule has 2 aliphatic rings. The molecule has 2 unspecified atom stereocenters. The largest absolute Gasteiger partial charge is 0.349 e. The van der Waals surface area contributed by atoms with Crippen LogP contribution in [0.3, 0.4) is 0 Å². The molecule has 2 aromatic heterocycles. The number of aromatic amines is 1. The molecule has 2 aromatic rings. The molecule has 0 radical (unpaired) electrons. The Hall–Kier alpha value is -2.60. The van der Waals surface area contributed by atoms with Crippen molar-refractivity contribution in [3.8, 4) is 6.07 Å². The van der Waals surface area contributed by atoms with E-state index in [0.717, 1.165) is 25.1 Å². The van der Waals surface area contributed by atoms with E-state index in [2.05, 4.69) is 41.9 Å². The first-order valence-corrected chi connectivity index (χ1v) is 8.73. The summed E-state index contributed by atoms with van der Waals surface area (Å²) in [5.74, 6) is 1.15. The molecule has 132 valence electrons. The van der Waals surface area contributed by atoms with Crippen LogP contribution in [0.1, 0.15) is 37.8 Å². The number of rotatable bonds is 6. The highest BCUT2D eigenvalue weighted by molar-refractivity contribution is 5.47. The maximum Gasteiger partial charge on any atom is 0.328 e. The average molecular weight is 342 g/mol. The Balaban J connectivity index is 1.34. The van der Waals surface area contributed by atoms with E-state index in [9.17, 15) is 0 Å². The molecule has 2 atom stereocenters. The Morgan fingerprint density at radius 3 is 2.88 bits per heavy atom. The highest BCUT2D eigenvalue weighted by Crippen LogP contribution is 2.36. The second kappa shape index (κ2) is 6.72. The second-order valence-corrected chi connectivity index (χ2v) is 6.83. The van der Waals surface area contributed by atoms with Gasteiger partial charge in [-0.2, -0.15) is 15.3 Å². The zero-order valence-electron chi connectivity index (χ0n) is 14.2. The van der Waals surface area contributed by atoms with Crippen molar-refractivity contribution in [2.24, 2.45) is 0 Å². The van der Waals surface area contributed by atoms with Crippen LogP contribution < -0.4 is 10.6 Å². The van der Waals surface area contributed by atoms with Crippen LogP contribution in [0, 0.1) is 18.3 Å². The highest BCUT2D eigenvalue weighted by atomic mass is 16.5. The third-order valence-corrected chi connectivity index (χ3v) is 5.07. The second-order valence-electron chi connectivity index (χ2n) is 6.83. The van der Waals surface area contributed by atoms with Crippen LogP contribution in [-0.2, 0) is 0 Å². The van der Waals surface area contributed by atoms with E-state index < -0.39 is 0 Å². The fourth-order valence-electron chi connectivity index (χ4n) is 4.04. The van der Waals surface area contributed by atoms with Gasteiger partial charge in [-0.3, -0.25) is 15.3 Å². The molecule has 3 N–H and O–H groups in total. The first-order chi connectivity index (χ1) is 12.2. The molecule has 0 aliphatic carbocycles. The minimum Gasteiger partial charge on any atom is -0.349 e. The summed E-state index contributed by atoms with van der Waals surface area (Å²) >= 11 is 0. The molecule has 0 aromatic carbocycles. The summed E-state index contributed by atoms with van der Waals surface area (Å²) in [6.45, 7) is 2.81. The fourth-order valence-corrected chi connectivity index (χ4v) is 4.04. The molecule has 4 rings (SSSR count). The Morgan fingerprint density at radius 1 is 1.40 bits per heavy atom. The molecule has 2 fully saturated rings. The molecule has 25 heavy (non-hydrogen) atoms. The molecule has 9 heteroatoms. The van der Waals surface area contributed by atoms with Crippen molar-refractivity contribution in [2.45, 2.75) is 57.2 Å². The maximum absolute atomic E-state index is 8.82. The van der Waals surface area contributed by atoms with Gasteiger partial charge in [0.2, 0.25) is 0 Å². The zero-order valence-corrected chi connectivity index (χ0v) is 14.2. The molecule has 9 nitrogen and oxygen atoms in total. The lowest BCUT2D eigenvalue weighted by Gasteiger charge is -2.38. The minimum atomic E-state index is 0.323. The van der Waals surface area contributed by atoms with Crippen LogP contribution in [0.15, 0.2) is 10.6 Å². The number of nitrogens with one attached hydrogen (secondary N) is 3. The predicted octanol–water partition coefficient (Wildman–Crippen LogP) is 2.17. The van der Waals surface area contributed by atoms with Crippen molar-refractivity contribution >= 4 is 17.8 Å². The molecular weight excluding hydrogens is 320 g/mol. The van der Waals surface area contributed by atoms with Crippen molar-refractivity contribution in [1.82, 2.24) is 25.2 Å². The van der Waals surface area contributed by atoms with Gasteiger partial charge in [0, 0.05) is 42.9 Å². The van der Waals surface area contributed by atoms with Gasteiger partial charge in [-0.15, -0.1) is 0 Å². The number of piperidine rings is 1. The molecule has 2 aliphatic heterocycles. The fraction of sp³-hybridized carbons (Fsp3) is 0.625. The lowest BCUT2D eigenvalue weighted by atomic mass is 9.97. The topological polar surface area (TPSA) is 119 Å². The summed E-state index contributed by atoms with van der Waals surface area (Å²) < 4.78 is 5.23. The highest BCUT2D eigenvalue weighted by Gasteiger charge is 2.40. The lowest BCUT2D eigenvalue weighted by Crippen LogP contribution is -2.47. The first-order valence-electron chi connectivity index (χ1n) is 8.73. The number of aryl methyl sites for hydroxylation is 1. The van der Waals surface area contributed by atoms with E-state index in [4.69, 9.17) is 9.78 Å². The predicted molar refractivity (Wildman–Crippen MR) is 91.3 cm³/mol. The van der Waals surface area contributed by atoms with Gasteiger partial charge in [0.15, 0.2) is 5.82 Å². The van der Waals surface area contributed by atoms with Gasteiger partial charge in [-0.1, -0.05) is 0 Å². The monoisotopic (exact) mass is 342 g/mol.